The zero-order valence-electron chi connectivity index (χ0n) is 17.9. The third-order valence-corrected chi connectivity index (χ3v) is 4.80. The van der Waals surface area contributed by atoms with Crippen molar-refractivity contribution in [1.29, 1.82) is 5.26 Å². The van der Waals surface area contributed by atoms with E-state index in [-0.39, 0.29) is 24.5 Å². The number of ether oxygens (including phenoxy) is 1. The van der Waals surface area contributed by atoms with E-state index in [9.17, 15) is 9.59 Å². The van der Waals surface area contributed by atoms with Gasteiger partial charge in [-0.2, -0.15) is 5.26 Å². The van der Waals surface area contributed by atoms with Gasteiger partial charge in [0.15, 0.2) is 0 Å². The molecule has 1 fully saturated rings. The molecular formula is C22H32N4O3. The summed E-state index contributed by atoms with van der Waals surface area (Å²) in [5.74, 6) is -0.247. The van der Waals surface area contributed by atoms with Crippen LogP contribution in [0.3, 0.4) is 0 Å². The molecule has 7 nitrogen and oxygen atoms in total. The first kappa shape index (κ1) is 22.9. The SMILES string of the molecule is CN1CCN(C(=O)C[C@@H](Cc2ccc(C#N)cc2)NCC(=O)OC(C)(C)C)CC1. The molecule has 1 N–H and O–H groups in total. The first-order valence-electron chi connectivity index (χ1n) is 10.1. The number of esters is 1. The van der Waals surface area contributed by atoms with Crippen LogP contribution in [-0.4, -0.2) is 73.1 Å². The largest absolute Gasteiger partial charge is 0.459 e. The molecule has 1 amide bonds. The van der Waals surface area contributed by atoms with Crippen molar-refractivity contribution in [2.75, 3.05) is 39.8 Å². The van der Waals surface area contributed by atoms with E-state index < -0.39 is 5.60 Å². The lowest BCUT2D eigenvalue weighted by molar-refractivity contribution is -0.154. The van der Waals surface area contributed by atoms with Gasteiger partial charge in [-0.05, 0) is 51.9 Å². The number of nitriles is 1. The first-order valence-corrected chi connectivity index (χ1v) is 10.1. The average Bonchev–Trinajstić information content (AvgIpc) is 2.66. The third-order valence-electron chi connectivity index (χ3n) is 4.80. The van der Waals surface area contributed by atoms with Crippen molar-refractivity contribution in [2.45, 2.75) is 45.3 Å². The van der Waals surface area contributed by atoms with E-state index in [1.54, 1.807) is 12.1 Å². The van der Waals surface area contributed by atoms with E-state index in [4.69, 9.17) is 10.00 Å². The van der Waals surface area contributed by atoms with E-state index in [2.05, 4.69) is 23.3 Å². The van der Waals surface area contributed by atoms with Gasteiger partial charge in [0.05, 0.1) is 18.2 Å². The topological polar surface area (TPSA) is 85.7 Å². The Hall–Kier alpha value is -2.43. The van der Waals surface area contributed by atoms with Crippen LogP contribution in [0.2, 0.25) is 0 Å². The van der Waals surface area contributed by atoms with Crippen molar-refractivity contribution in [3.05, 3.63) is 35.4 Å². The quantitative estimate of drug-likeness (QED) is 0.699. The van der Waals surface area contributed by atoms with E-state index in [0.29, 0.717) is 18.4 Å². The van der Waals surface area contributed by atoms with Gasteiger partial charge in [-0.25, -0.2) is 0 Å². The van der Waals surface area contributed by atoms with E-state index in [0.717, 1.165) is 31.7 Å². The summed E-state index contributed by atoms with van der Waals surface area (Å²) in [4.78, 5) is 29.0. The Morgan fingerprint density at radius 2 is 1.79 bits per heavy atom. The second kappa shape index (κ2) is 10.4. The Balaban J connectivity index is 2.00. The fourth-order valence-corrected chi connectivity index (χ4v) is 3.22. The molecule has 7 heteroatoms. The van der Waals surface area contributed by atoms with Crippen molar-refractivity contribution in [2.24, 2.45) is 0 Å². The first-order chi connectivity index (χ1) is 13.7. The van der Waals surface area contributed by atoms with Crippen LogP contribution in [0.5, 0.6) is 0 Å². The lowest BCUT2D eigenvalue weighted by atomic mass is 10.0. The van der Waals surface area contributed by atoms with Crippen LogP contribution in [-0.2, 0) is 20.7 Å². The fraction of sp³-hybridized carbons (Fsp3) is 0.591. The molecule has 1 heterocycles. The molecule has 1 aromatic carbocycles. The number of piperazine rings is 1. The minimum absolute atomic E-state index is 0.0498. The van der Waals surface area contributed by atoms with Crippen LogP contribution < -0.4 is 5.32 Å². The highest BCUT2D eigenvalue weighted by molar-refractivity contribution is 5.77. The smallest absolute Gasteiger partial charge is 0.320 e. The Labute approximate surface area is 173 Å². The summed E-state index contributed by atoms with van der Waals surface area (Å²) in [7, 11) is 2.05. The van der Waals surface area contributed by atoms with Gasteiger partial charge in [0.1, 0.15) is 5.60 Å². The number of hydrogen-bond acceptors (Lipinski definition) is 6. The lowest BCUT2D eigenvalue weighted by Crippen LogP contribution is -2.49. The Morgan fingerprint density at radius 1 is 1.17 bits per heavy atom. The second-order valence-electron chi connectivity index (χ2n) is 8.57. The molecule has 0 unspecified atom stereocenters. The maximum Gasteiger partial charge on any atom is 0.320 e. The van der Waals surface area contributed by atoms with Gasteiger partial charge < -0.3 is 19.9 Å². The van der Waals surface area contributed by atoms with Crippen molar-refractivity contribution in [3.8, 4) is 6.07 Å². The van der Waals surface area contributed by atoms with E-state index >= 15 is 0 Å². The number of rotatable bonds is 7. The predicted octanol–water partition coefficient (Wildman–Crippen LogP) is 1.56. The van der Waals surface area contributed by atoms with Gasteiger partial charge in [0, 0.05) is 38.6 Å². The molecule has 29 heavy (non-hydrogen) atoms. The molecule has 0 saturated carbocycles. The monoisotopic (exact) mass is 400 g/mol. The number of carbonyl (C=O) groups excluding carboxylic acids is 2. The van der Waals surface area contributed by atoms with Gasteiger partial charge in [0.25, 0.3) is 0 Å². The lowest BCUT2D eigenvalue weighted by Gasteiger charge is -2.33. The molecule has 1 aromatic rings. The Bertz CT molecular complexity index is 726. The normalized spacial score (nSPS) is 16.2. The average molecular weight is 401 g/mol. The molecular weight excluding hydrogens is 368 g/mol. The zero-order chi connectivity index (χ0) is 21.4. The van der Waals surface area contributed by atoms with Crippen LogP contribution in [0, 0.1) is 11.3 Å². The summed E-state index contributed by atoms with van der Waals surface area (Å²) in [6.45, 7) is 8.74. The number of likely N-dealkylation sites (N-methyl/N-ethyl adjacent to an activating group) is 1. The number of amides is 1. The van der Waals surface area contributed by atoms with E-state index in [1.807, 2.05) is 37.8 Å². The Morgan fingerprint density at radius 3 is 2.34 bits per heavy atom. The Kier molecular flexibility index (Phi) is 8.18. The van der Waals surface area contributed by atoms with Crippen molar-refractivity contribution >= 4 is 11.9 Å². The second-order valence-corrected chi connectivity index (χ2v) is 8.57. The summed E-state index contributed by atoms with van der Waals surface area (Å²) >= 11 is 0. The van der Waals surface area contributed by atoms with Gasteiger partial charge in [0.2, 0.25) is 5.91 Å². The van der Waals surface area contributed by atoms with Crippen LogP contribution in [0.25, 0.3) is 0 Å². The van der Waals surface area contributed by atoms with Crippen molar-refractivity contribution < 1.29 is 14.3 Å². The molecule has 1 aliphatic rings. The summed E-state index contributed by atoms with van der Waals surface area (Å²) in [5.41, 5.74) is 1.06. The van der Waals surface area contributed by atoms with Crippen LogP contribution in [0.15, 0.2) is 24.3 Å². The number of benzene rings is 1. The van der Waals surface area contributed by atoms with Crippen LogP contribution in [0.4, 0.5) is 0 Å². The third kappa shape index (κ3) is 8.22. The van der Waals surface area contributed by atoms with Gasteiger partial charge in [-0.3, -0.25) is 9.59 Å². The van der Waals surface area contributed by atoms with E-state index in [1.165, 1.54) is 0 Å². The summed E-state index contributed by atoms with van der Waals surface area (Å²) < 4.78 is 5.36. The maximum absolute atomic E-state index is 12.8. The summed E-state index contributed by atoms with van der Waals surface area (Å²) in [6.07, 6.45) is 0.903. The number of hydrogen-bond donors (Lipinski definition) is 1. The molecule has 158 valence electrons. The standard InChI is InChI=1S/C22H32N4O3/c1-22(2,3)29-21(28)16-24-19(13-17-5-7-18(15-23)8-6-17)14-20(27)26-11-9-25(4)10-12-26/h5-8,19,24H,9-14,16H2,1-4H3/t19-/m1/s1. The molecule has 1 atom stereocenters. The van der Waals surface area contributed by atoms with Crippen molar-refractivity contribution in [1.82, 2.24) is 15.1 Å². The highest BCUT2D eigenvalue weighted by Gasteiger charge is 2.24. The molecule has 0 aromatic heterocycles. The molecule has 0 radical (unpaired) electrons. The highest BCUT2D eigenvalue weighted by atomic mass is 16.6. The number of nitrogens with zero attached hydrogens (tertiary/aromatic N) is 3. The summed E-state index contributed by atoms with van der Waals surface area (Å²) in [5, 5.41) is 12.2. The molecule has 0 aliphatic carbocycles. The zero-order valence-corrected chi connectivity index (χ0v) is 17.9. The van der Waals surface area contributed by atoms with Crippen molar-refractivity contribution in [3.63, 3.8) is 0 Å². The predicted molar refractivity (Wildman–Crippen MR) is 111 cm³/mol. The minimum atomic E-state index is -0.545. The molecule has 2 rings (SSSR count). The highest BCUT2D eigenvalue weighted by Crippen LogP contribution is 2.12. The molecule has 1 aliphatic heterocycles. The number of nitrogens with one attached hydrogen (secondary N) is 1. The number of carbonyl (C=O) groups is 2. The van der Waals surface area contributed by atoms with Crippen LogP contribution in [0.1, 0.15) is 38.3 Å². The van der Waals surface area contributed by atoms with Gasteiger partial charge >= 0.3 is 5.97 Å². The van der Waals surface area contributed by atoms with Gasteiger partial charge in [-0.1, -0.05) is 12.1 Å². The maximum atomic E-state index is 12.8. The molecule has 0 bridgehead atoms. The summed E-state index contributed by atoms with van der Waals surface area (Å²) in [6, 6.07) is 9.23. The van der Waals surface area contributed by atoms with Gasteiger partial charge in [-0.15, -0.1) is 0 Å². The molecule has 0 spiro atoms. The molecule has 1 saturated heterocycles. The minimum Gasteiger partial charge on any atom is -0.459 e. The fourth-order valence-electron chi connectivity index (χ4n) is 3.22. The van der Waals surface area contributed by atoms with Crippen LogP contribution >= 0.6 is 0 Å².